The second-order valence-corrected chi connectivity index (χ2v) is 6.11. The van der Waals surface area contributed by atoms with Gasteiger partial charge < -0.3 is 10.3 Å². The van der Waals surface area contributed by atoms with Gasteiger partial charge in [0.2, 0.25) is 0 Å². The highest BCUT2D eigenvalue weighted by molar-refractivity contribution is 6.05. The fourth-order valence-electron chi connectivity index (χ4n) is 3.07. The van der Waals surface area contributed by atoms with E-state index in [1.807, 2.05) is 60.9 Å². The Bertz CT molecular complexity index is 1070. The third-order valence-electron chi connectivity index (χ3n) is 4.32. The molecule has 0 spiro atoms. The van der Waals surface area contributed by atoms with Crippen LogP contribution in [0.2, 0.25) is 0 Å². The number of anilines is 1. The van der Waals surface area contributed by atoms with E-state index in [1.54, 1.807) is 13.1 Å². The largest absolute Gasteiger partial charge is 0.366 e. The molecule has 0 aliphatic heterocycles. The number of H-pyrrole nitrogens is 1. The van der Waals surface area contributed by atoms with Gasteiger partial charge in [0.05, 0.1) is 0 Å². The second kappa shape index (κ2) is 6.80. The number of aromatic nitrogens is 3. The number of carbonyl (C=O) groups excluding carboxylic acids is 1. The summed E-state index contributed by atoms with van der Waals surface area (Å²) in [4.78, 5) is 24.0. The first-order valence-corrected chi connectivity index (χ1v) is 8.43. The summed E-state index contributed by atoms with van der Waals surface area (Å²) in [5.41, 5.74) is 4.47. The van der Waals surface area contributed by atoms with Gasteiger partial charge in [0, 0.05) is 36.1 Å². The maximum Gasteiger partial charge on any atom is 0.160 e. The number of nitrogens with zero attached hydrogens (tertiary/aromatic N) is 2. The van der Waals surface area contributed by atoms with Crippen LogP contribution in [-0.4, -0.2) is 20.7 Å². The number of nitrogens with one attached hydrogen (secondary N) is 2. The molecular formula is C21H18N4O. The van der Waals surface area contributed by atoms with E-state index in [1.165, 1.54) is 0 Å². The summed E-state index contributed by atoms with van der Waals surface area (Å²) in [7, 11) is 0. The Labute approximate surface area is 151 Å². The zero-order chi connectivity index (χ0) is 17.9. The van der Waals surface area contributed by atoms with Crippen molar-refractivity contribution in [2.45, 2.75) is 13.5 Å². The van der Waals surface area contributed by atoms with Gasteiger partial charge in [-0.1, -0.05) is 30.3 Å². The highest BCUT2D eigenvalue weighted by Crippen LogP contribution is 2.32. The van der Waals surface area contributed by atoms with Crippen molar-refractivity contribution in [3.63, 3.8) is 0 Å². The molecule has 1 aromatic carbocycles. The Morgan fingerprint density at radius 3 is 2.81 bits per heavy atom. The standard InChI is InChI=1S/C21H18N4O/c1-14(26)16-6-2-3-7-17(16)19-11-20(25-21-18(19)8-10-23-21)24-13-15-5-4-9-22-12-15/h2-12H,13H2,1H3,(H2,23,24,25). The summed E-state index contributed by atoms with van der Waals surface area (Å²) in [5.74, 6) is 0.795. The predicted octanol–water partition coefficient (Wildman–Crippen LogP) is 4.44. The van der Waals surface area contributed by atoms with Crippen molar-refractivity contribution < 1.29 is 4.79 Å². The van der Waals surface area contributed by atoms with Crippen LogP contribution in [-0.2, 0) is 6.54 Å². The van der Waals surface area contributed by atoms with Crippen LogP contribution in [0.4, 0.5) is 5.82 Å². The van der Waals surface area contributed by atoms with E-state index in [0.717, 1.165) is 33.5 Å². The third kappa shape index (κ3) is 3.07. The smallest absolute Gasteiger partial charge is 0.160 e. The minimum Gasteiger partial charge on any atom is -0.366 e. The molecule has 0 unspecified atom stereocenters. The van der Waals surface area contributed by atoms with Crippen LogP contribution in [0.15, 0.2) is 67.1 Å². The summed E-state index contributed by atoms with van der Waals surface area (Å²) in [5, 5.41) is 4.34. The van der Waals surface area contributed by atoms with E-state index in [4.69, 9.17) is 0 Å². The molecule has 0 fully saturated rings. The molecule has 5 nitrogen and oxygen atoms in total. The molecule has 0 atom stereocenters. The van der Waals surface area contributed by atoms with Crippen molar-refractivity contribution >= 4 is 22.6 Å². The zero-order valence-corrected chi connectivity index (χ0v) is 14.4. The normalized spacial score (nSPS) is 10.8. The van der Waals surface area contributed by atoms with E-state index in [-0.39, 0.29) is 5.78 Å². The number of benzene rings is 1. The summed E-state index contributed by atoms with van der Waals surface area (Å²) < 4.78 is 0. The first kappa shape index (κ1) is 16.0. The molecule has 0 aliphatic rings. The first-order valence-electron chi connectivity index (χ1n) is 8.43. The molecule has 4 rings (SSSR count). The van der Waals surface area contributed by atoms with Gasteiger partial charge in [-0.2, -0.15) is 0 Å². The van der Waals surface area contributed by atoms with E-state index in [9.17, 15) is 4.79 Å². The molecular weight excluding hydrogens is 324 g/mol. The Morgan fingerprint density at radius 2 is 2.00 bits per heavy atom. The van der Waals surface area contributed by atoms with Crippen LogP contribution < -0.4 is 5.32 Å². The molecule has 0 saturated heterocycles. The summed E-state index contributed by atoms with van der Waals surface area (Å²) in [6, 6.07) is 15.6. The molecule has 2 N–H and O–H groups in total. The van der Waals surface area contributed by atoms with Crippen molar-refractivity contribution in [3.05, 3.63) is 78.2 Å². The van der Waals surface area contributed by atoms with E-state index in [2.05, 4.69) is 20.3 Å². The number of carbonyl (C=O) groups is 1. The van der Waals surface area contributed by atoms with Gasteiger partial charge in [-0.15, -0.1) is 0 Å². The van der Waals surface area contributed by atoms with Gasteiger partial charge >= 0.3 is 0 Å². The topological polar surface area (TPSA) is 70.7 Å². The first-order chi connectivity index (χ1) is 12.7. The number of rotatable bonds is 5. The number of hydrogen-bond acceptors (Lipinski definition) is 4. The third-order valence-corrected chi connectivity index (χ3v) is 4.32. The van der Waals surface area contributed by atoms with Crippen molar-refractivity contribution in [2.24, 2.45) is 0 Å². The minimum absolute atomic E-state index is 0.0472. The Morgan fingerprint density at radius 1 is 1.12 bits per heavy atom. The van der Waals surface area contributed by atoms with Gasteiger partial charge in [-0.25, -0.2) is 4.98 Å². The van der Waals surface area contributed by atoms with Crippen molar-refractivity contribution in [2.75, 3.05) is 5.32 Å². The lowest BCUT2D eigenvalue weighted by Crippen LogP contribution is -2.03. The Hall–Kier alpha value is -3.47. The fourth-order valence-corrected chi connectivity index (χ4v) is 3.07. The van der Waals surface area contributed by atoms with E-state index < -0.39 is 0 Å². The van der Waals surface area contributed by atoms with Crippen molar-refractivity contribution in [1.29, 1.82) is 0 Å². The predicted molar refractivity (Wildman–Crippen MR) is 103 cm³/mol. The van der Waals surface area contributed by atoms with Crippen molar-refractivity contribution in [3.8, 4) is 11.1 Å². The summed E-state index contributed by atoms with van der Waals surface area (Å²) in [6.45, 7) is 2.22. The van der Waals surface area contributed by atoms with Gasteiger partial charge in [0.25, 0.3) is 0 Å². The van der Waals surface area contributed by atoms with Gasteiger partial charge in [0.1, 0.15) is 11.5 Å². The number of hydrogen-bond donors (Lipinski definition) is 2. The van der Waals surface area contributed by atoms with Crippen LogP contribution in [0.25, 0.3) is 22.2 Å². The quantitative estimate of drug-likeness (QED) is 0.526. The average molecular weight is 342 g/mol. The molecule has 26 heavy (non-hydrogen) atoms. The summed E-state index contributed by atoms with van der Waals surface area (Å²) in [6.07, 6.45) is 5.44. The molecule has 0 amide bonds. The molecule has 3 heterocycles. The molecule has 4 aromatic rings. The average Bonchev–Trinajstić information content (AvgIpc) is 3.15. The van der Waals surface area contributed by atoms with Crippen molar-refractivity contribution in [1.82, 2.24) is 15.0 Å². The highest BCUT2D eigenvalue weighted by atomic mass is 16.1. The van der Waals surface area contributed by atoms with E-state index >= 15 is 0 Å². The number of Topliss-reactive ketones (excluding diaryl/α,β-unsaturated/α-hetero) is 1. The number of ketones is 1. The second-order valence-electron chi connectivity index (χ2n) is 6.11. The fraction of sp³-hybridized carbons (Fsp3) is 0.0952. The van der Waals surface area contributed by atoms with Crippen LogP contribution in [0.5, 0.6) is 0 Å². The summed E-state index contributed by atoms with van der Waals surface area (Å²) >= 11 is 0. The van der Waals surface area contributed by atoms with Gasteiger partial charge in [0.15, 0.2) is 5.78 Å². The maximum atomic E-state index is 12.1. The number of pyridine rings is 2. The lowest BCUT2D eigenvalue weighted by molar-refractivity contribution is 0.101. The van der Waals surface area contributed by atoms with Gasteiger partial charge in [-0.3, -0.25) is 9.78 Å². The zero-order valence-electron chi connectivity index (χ0n) is 14.4. The Balaban J connectivity index is 1.77. The maximum absolute atomic E-state index is 12.1. The number of fused-ring (bicyclic) bond motifs is 1. The van der Waals surface area contributed by atoms with E-state index in [0.29, 0.717) is 12.1 Å². The molecule has 5 heteroatoms. The molecule has 0 bridgehead atoms. The van der Waals surface area contributed by atoms with Gasteiger partial charge in [-0.05, 0) is 41.8 Å². The lowest BCUT2D eigenvalue weighted by atomic mass is 9.96. The minimum atomic E-state index is 0.0472. The molecule has 128 valence electrons. The van der Waals surface area contributed by atoms with Crippen LogP contribution in [0, 0.1) is 0 Å². The van der Waals surface area contributed by atoms with Crippen LogP contribution in [0.3, 0.4) is 0 Å². The monoisotopic (exact) mass is 342 g/mol. The molecule has 3 aromatic heterocycles. The molecule has 0 aliphatic carbocycles. The molecule has 0 radical (unpaired) electrons. The highest BCUT2D eigenvalue weighted by Gasteiger charge is 2.14. The van der Waals surface area contributed by atoms with Crippen LogP contribution in [0.1, 0.15) is 22.8 Å². The Kier molecular flexibility index (Phi) is 4.19. The number of aromatic amines is 1. The lowest BCUT2D eigenvalue weighted by Gasteiger charge is -2.12. The SMILES string of the molecule is CC(=O)c1ccccc1-c1cc(NCc2cccnc2)nc2[nH]ccc12. The molecule has 0 saturated carbocycles. The van der Waals surface area contributed by atoms with Crippen LogP contribution >= 0.6 is 0 Å².